The number of benzene rings is 2. The molecule has 4 aromatic rings. The molecule has 160 valence electrons. The summed E-state index contributed by atoms with van der Waals surface area (Å²) in [6.45, 7) is 0.530. The van der Waals surface area contributed by atoms with E-state index in [-0.39, 0.29) is 18.4 Å². The number of para-hydroxylation sites is 1. The van der Waals surface area contributed by atoms with Crippen LogP contribution in [0, 0.1) is 0 Å². The predicted molar refractivity (Wildman–Crippen MR) is 117 cm³/mol. The van der Waals surface area contributed by atoms with Crippen LogP contribution in [0.25, 0.3) is 5.69 Å². The van der Waals surface area contributed by atoms with Crippen LogP contribution >= 0.6 is 11.8 Å². The summed E-state index contributed by atoms with van der Waals surface area (Å²) in [4.78, 5) is 21.5. The van der Waals surface area contributed by atoms with Gasteiger partial charge in [0.15, 0.2) is 22.3 Å². The largest absolute Gasteiger partial charge is 0.454 e. The Morgan fingerprint density at radius 3 is 2.69 bits per heavy atom. The van der Waals surface area contributed by atoms with E-state index in [0.29, 0.717) is 34.6 Å². The second-order valence-corrected chi connectivity index (χ2v) is 7.76. The number of rotatable bonds is 7. The highest BCUT2D eigenvalue weighted by atomic mass is 32.2. The van der Waals surface area contributed by atoms with Gasteiger partial charge in [-0.25, -0.2) is 14.6 Å². The first-order valence-electron chi connectivity index (χ1n) is 9.84. The van der Waals surface area contributed by atoms with E-state index < -0.39 is 0 Å². The van der Waals surface area contributed by atoms with E-state index in [1.807, 2.05) is 48.5 Å². The van der Waals surface area contributed by atoms with Gasteiger partial charge in [-0.05, 0) is 35.9 Å². The van der Waals surface area contributed by atoms with Crippen LogP contribution in [0.15, 0.2) is 72.1 Å². The van der Waals surface area contributed by atoms with Gasteiger partial charge in [-0.1, -0.05) is 41.2 Å². The van der Waals surface area contributed by atoms with Gasteiger partial charge in [0.25, 0.3) is 5.91 Å². The number of carbonyl (C=O) groups is 1. The first kappa shape index (κ1) is 20.0. The Bertz CT molecular complexity index is 1230. The minimum Gasteiger partial charge on any atom is -0.454 e. The van der Waals surface area contributed by atoms with E-state index in [4.69, 9.17) is 9.47 Å². The van der Waals surface area contributed by atoms with Crippen molar-refractivity contribution in [2.75, 3.05) is 6.79 Å². The van der Waals surface area contributed by atoms with E-state index in [0.717, 1.165) is 11.3 Å². The van der Waals surface area contributed by atoms with Crippen molar-refractivity contribution in [3.8, 4) is 17.2 Å². The highest BCUT2D eigenvalue weighted by Gasteiger charge is 2.21. The monoisotopic (exact) mass is 446 g/mol. The van der Waals surface area contributed by atoms with Gasteiger partial charge in [0.05, 0.1) is 11.4 Å². The molecule has 0 unspecified atom stereocenters. The predicted octanol–water partition coefficient (Wildman–Crippen LogP) is 3.01. The first-order valence-corrected chi connectivity index (χ1v) is 10.8. The van der Waals surface area contributed by atoms with Crippen molar-refractivity contribution in [3.05, 3.63) is 83.9 Å². The Kier molecular flexibility index (Phi) is 5.67. The summed E-state index contributed by atoms with van der Waals surface area (Å²) in [6, 6.07) is 16.9. The minimum atomic E-state index is -0.311. The summed E-state index contributed by atoms with van der Waals surface area (Å²) < 4.78 is 12.4. The Hall–Kier alpha value is -3.92. The average Bonchev–Trinajstić information content (AvgIpc) is 3.49. The zero-order valence-electron chi connectivity index (χ0n) is 16.8. The van der Waals surface area contributed by atoms with Crippen LogP contribution in [-0.2, 0) is 12.3 Å². The van der Waals surface area contributed by atoms with Crippen LogP contribution in [0.3, 0.4) is 0 Å². The van der Waals surface area contributed by atoms with Gasteiger partial charge in [0.1, 0.15) is 0 Å². The molecule has 2 aromatic carbocycles. The van der Waals surface area contributed by atoms with Crippen molar-refractivity contribution in [1.29, 1.82) is 0 Å². The number of nitrogens with one attached hydrogen (secondary N) is 1. The van der Waals surface area contributed by atoms with Gasteiger partial charge < -0.3 is 14.8 Å². The van der Waals surface area contributed by atoms with Crippen LogP contribution in [0.5, 0.6) is 11.5 Å². The van der Waals surface area contributed by atoms with Crippen molar-refractivity contribution in [3.63, 3.8) is 0 Å². The van der Waals surface area contributed by atoms with Crippen molar-refractivity contribution in [2.24, 2.45) is 0 Å². The fraction of sp³-hybridized carbons (Fsp3) is 0.136. The molecule has 1 N–H and O–H groups in total. The Labute approximate surface area is 187 Å². The van der Waals surface area contributed by atoms with E-state index in [1.54, 1.807) is 23.1 Å². The van der Waals surface area contributed by atoms with Gasteiger partial charge in [0, 0.05) is 24.7 Å². The average molecular weight is 446 g/mol. The van der Waals surface area contributed by atoms with Gasteiger partial charge in [-0.2, -0.15) is 0 Å². The lowest BCUT2D eigenvalue weighted by molar-refractivity contribution is 0.0945. The lowest BCUT2D eigenvalue weighted by Gasteiger charge is -2.09. The molecule has 5 rings (SSSR count). The Balaban J connectivity index is 1.37. The highest BCUT2D eigenvalue weighted by Crippen LogP contribution is 2.32. The third kappa shape index (κ3) is 4.26. The molecule has 9 nitrogen and oxygen atoms in total. The summed E-state index contributed by atoms with van der Waals surface area (Å²) in [5, 5.41) is 11.9. The fourth-order valence-electron chi connectivity index (χ4n) is 3.19. The molecule has 0 bridgehead atoms. The van der Waals surface area contributed by atoms with E-state index in [1.165, 1.54) is 11.8 Å². The quantitative estimate of drug-likeness (QED) is 0.341. The third-order valence-corrected chi connectivity index (χ3v) is 5.64. The summed E-state index contributed by atoms with van der Waals surface area (Å²) in [5.41, 5.74) is 2.64. The maximum Gasteiger partial charge on any atom is 0.274 e. The molecule has 1 aliphatic rings. The van der Waals surface area contributed by atoms with Crippen LogP contribution in [-0.4, -0.2) is 37.7 Å². The van der Waals surface area contributed by atoms with Crippen molar-refractivity contribution >= 4 is 17.7 Å². The normalized spacial score (nSPS) is 12.0. The number of ether oxygens (including phenoxy) is 2. The summed E-state index contributed by atoms with van der Waals surface area (Å²) in [5.74, 6) is 1.49. The molecule has 1 aliphatic heterocycles. The molecule has 0 atom stereocenters. The SMILES string of the molecule is O=C(NCc1ccc2c(c1)OCO2)c1nnn(-c2ccccc2)c1CSc1ncccn1. The van der Waals surface area contributed by atoms with Gasteiger partial charge in [0.2, 0.25) is 6.79 Å². The number of fused-ring (bicyclic) bond motifs is 1. The zero-order valence-corrected chi connectivity index (χ0v) is 17.7. The molecule has 0 saturated heterocycles. The fourth-order valence-corrected chi connectivity index (χ4v) is 3.99. The first-order chi connectivity index (χ1) is 15.8. The van der Waals surface area contributed by atoms with Crippen molar-refractivity contribution in [1.82, 2.24) is 30.3 Å². The molecule has 0 aliphatic carbocycles. The number of amides is 1. The standard InChI is InChI=1S/C22H18N6O3S/c29-21(25-12-15-7-8-18-19(11-15)31-14-30-18)20-17(13-32-22-23-9-4-10-24-22)28(27-26-20)16-5-2-1-3-6-16/h1-11H,12-14H2,(H,25,29). The van der Waals surface area contributed by atoms with E-state index in [2.05, 4.69) is 25.6 Å². The Morgan fingerprint density at radius 1 is 1.03 bits per heavy atom. The van der Waals surface area contributed by atoms with Gasteiger partial charge >= 0.3 is 0 Å². The lowest BCUT2D eigenvalue weighted by atomic mass is 10.2. The highest BCUT2D eigenvalue weighted by molar-refractivity contribution is 7.98. The second-order valence-electron chi connectivity index (χ2n) is 6.82. The van der Waals surface area contributed by atoms with E-state index in [9.17, 15) is 4.79 Å². The van der Waals surface area contributed by atoms with Crippen LogP contribution in [0.2, 0.25) is 0 Å². The van der Waals surface area contributed by atoms with Gasteiger partial charge in [-0.15, -0.1) is 5.10 Å². The van der Waals surface area contributed by atoms with Crippen LogP contribution in [0.1, 0.15) is 21.7 Å². The molecule has 3 heterocycles. The number of hydrogen-bond donors (Lipinski definition) is 1. The number of hydrogen-bond acceptors (Lipinski definition) is 8. The maximum atomic E-state index is 13.0. The smallest absolute Gasteiger partial charge is 0.274 e. The molecular weight excluding hydrogens is 428 g/mol. The van der Waals surface area contributed by atoms with Crippen LogP contribution < -0.4 is 14.8 Å². The molecule has 2 aromatic heterocycles. The van der Waals surface area contributed by atoms with Crippen LogP contribution in [0.4, 0.5) is 0 Å². The molecule has 10 heteroatoms. The Morgan fingerprint density at radius 2 is 1.84 bits per heavy atom. The molecular formula is C22H18N6O3S. The summed E-state index contributed by atoms with van der Waals surface area (Å²) in [6.07, 6.45) is 3.36. The maximum absolute atomic E-state index is 13.0. The molecule has 0 fully saturated rings. The summed E-state index contributed by atoms with van der Waals surface area (Å²) in [7, 11) is 0. The zero-order chi connectivity index (χ0) is 21.8. The lowest BCUT2D eigenvalue weighted by Crippen LogP contribution is -2.24. The molecule has 0 saturated carbocycles. The number of aromatic nitrogens is 5. The summed E-state index contributed by atoms with van der Waals surface area (Å²) >= 11 is 1.41. The topological polar surface area (TPSA) is 104 Å². The van der Waals surface area contributed by atoms with Gasteiger partial charge in [-0.3, -0.25) is 4.79 Å². The molecule has 0 radical (unpaired) electrons. The molecule has 1 amide bonds. The van der Waals surface area contributed by atoms with Crippen molar-refractivity contribution < 1.29 is 14.3 Å². The minimum absolute atomic E-state index is 0.208. The number of carbonyl (C=O) groups excluding carboxylic acids is 1. The van der Waals surface area contributed by atoms with Crippen molar-refractivity contribution in [2.45, 2.75) is 17.5 Å². The molecule has 0 spiro atoms. The van der Waals surface area contributed by atoms with E-state index >= 15 is 0 Å². The third-order valence-electron chi connectivity index (χ3n) is 4.75. The second kappa shape index (κ2) is 9.06. The molecule has 32 heavy (non-hydrogen) atoms. The number of nitrogens with zero attached hydrogens (tertiary/aromatic N) is 5. The number of thioether (sulfide) groups is 1.